The summed E-state index contributed by atoms with van der Waals surface area (Å²) in [4.78, 5) is 47.8. The maximum Gasteiger partial charge on any atom is 0.256 e. The summed E-state index contributed by atoms with van der Waals surface area (Å²) in [6.45, 7) is 3.06. The van der Waals surface area contributed by atoms with E-state index >= 15 is 0 Å². The van der Waals surface area contributed by atoms with Crippen LogP contribution in [-0.4, -0.2) is 64.0 Å². The van der Waals surface area contributed by atoms with E-state index in [0.717, 1.165) is 11.1 Å². The summed E-state index contributed by atoms with van der Waals surface area (Å²) in [6.07, 6.45) is 4.12. The molecule has 3 amide bonds. The number of amides is 3. The van der Waals surface area contributed by atoms with E-state index in [9.17, 15) is 14.4 Å². The van der Waals surface area contributed by atoms with Crippen molar-refractivity contribution in [2.24, 2.45) is 0 Å². The van der Waals surface area contributed by atoms with Crippen molar-refractivity contribution in [3.05, 3.63) is 100 Å². The summed E-state index contributed by atoms with van der Waals surface area (Å²) in [5.41, 5.74) is 1.83. The molecule has 2 aliphatic rings. The molecule has 1 aromatic heterocycles. The Balaban J connectivity index is 1.37. The summed E-state index contributed by atoms with van der Waals surface area (Å²) >= 11 is 6.26. The SMILES string of the molecule is Cc1ccc(C(=O)N2C(C(=O)NCc3cccnc3)COC23CCN(C(=O)c2ccccc2Cl)CC3)cc1. The smallest absolute Gasteiger partial charge is 0.256 e. The molecule has 2 aromatic carbocycles. The Kier molecular flexibility index (Phi) is 7.44. The summed E-state index contributed by atoms with van der Waals surface area (Å²) in [7, 11) is 0. The number of likely N-dealkylation sites (tertiary alicyclic amines) is 1. The lowest BCUT2D eigenvalue weighted by Crippen LogP contribution is -2.59. The molecule has 0 radical (unpaired) electrons. The van der Waals surface area contributed by atoms with Crippen LogP contribution in [0.5, 0.6) is 0 Å². The number of hydrogen-bond donors (Lipinski definition) is 1. The third-order valence-corrected chi connectivity index (χ3v) is 7.54. The normalized spacial score (nSPS) is 18.4. The van der Waals surface area contributed by atoms with E-state index in [0.29, 0.717) is 48.6 Å². The van der Waals surface area contributed by atoms with E-state index in [4.69, 9.17) is 16.3 Å². The lowest BCUT2D eigenvalue weighted by atomic mass is 9.96. The maximum absolute atomic E-state index is 13.9. The third kappa shape index (κ3) is 5.14. The minimum absolute atomic E-state index is 0.0783. The van der Waals surface area contributed by atoms with Gasteiger partial charge in [0.15, 0.2) is 0 Å². The van der Waals surface area contributed by atoms with Crippen molar-refractivity contribution in [2.45, 2.75) is 38.1 Å². The molecule has 2 aliphatic heterocycles. The minimum atomic E-state index is -0.991. The molecule has 1 spiro atoms. The number of nitrogens with zero attached hydrogens (tertiary/aromatic N) is 3. The highest BCUT2D eigenvalue weighted by Gasteiger charge is 2.54. The van der Waals surface area contributed by atoms with Gasteiger partial charge in [0.1, 0.15) is 11.8 Å². The summed E-state index contributed by atoms with van der Waals surface area (Å²) < 4.78 is 6.27. The van der Waals surface area contributed by atoms with Gasteiger partial charge in [-0.15, -0.1) is 0 Å². The van der Waals surface area contributed by atoms with Crippen LogP contribution in [0.3, 0.4) is 0 Å². The molecule has 9 heteroatoms. The monoisotopic (exact) mass is 532 g/mol. The highest BCUT2D eigenvalue weighted by Crippen LogP contribution is 2.39. The number of carbonyl (C=O) groups excluding carboxylic acids is 3. The van der Waals surface area contributed by atoms with Crippen LogP contribution < -0.4 is 5.32 Å². The molecule has 38 heavy (non-hydrogen) atoms. The predicted octanol–water partition coefficient (Wildman–Crippen LogP) is 3.83. The Labute approximate surface area is 226 Å². The zero-order chi connectivity index (χ0) is 26.7. The molecule has 2 fully saturated rings. The number of hydrogen-bond acceptors (Lipinski definition) is 5. The number of halogens is 1. The molecular formula is C29H29ClN4O4. The fraction of sp³-hybridized carbons (Fsp3) is 0.310. The van der Waals surface area contributed by atoms with Crippen LogP contribution in [0.4, 0.5) is 0 Å². The summed E-state index contributed by atoms with van der Waals surface area (Å²) in [5.74, 6) is -0.721. The Hall–Kier alpha value is -3.75. The highest BCUT2D eigenvalue weighted by atomic mass is 35.5. The van der Waals surface area contributed by atoms with E-state index in [1.54, 1.807) is 64.7 Å². The van der Waals surface area contributed by atoms with E-state index in [2.05, 4.69) is 10.3 Å². The van der Waals surface area contributed by atoms with Gasteiger partial charge >= 0.3 is 0 Å². The maximum atomic E-state index is 13.9. The van der Waals surface area contributed by atoms with Gasteiger partial charge in [-0.1, -0.05) is 47.5 Å². The number of aromatic nitrogens is 1. The number of carbonyl (C=O) groups is 3. The number of ether oxygens (including phenoxy) is 1. The largest absolute Gasteiger partial charge is 0.353 e. The number of benzene rings is 2. The molecule has 5 rings (SSSR count). The van der Waals surface area contributed by atoms with Crippen LogP contribution in [-0.2, 0) is 16.1 Å². The zero-order valence-electron chi connectivity index (χ0n) is 21.1. The second kappa shape index (κ2) is 10.9. The van der Waals surface area contributed by atoms with Gasteiger partial charge in [-0.2, -0.15) is 0 Å². The molecule has 3 aromatic rings. The molecule has 0 bridgehead atoms. The molecule has 0 saturated carbocycles. The Morgan fingerprint density at radius 3 is 2.45 bits per heavy atom. The van der Waals surface area contributed by atoms with Gasteiger partial charge in [0.2, 0.25) is 5.91 Å². The first-order valence-electron chi connectivity index (χ1n) is 12.6. The Morgan fingerprint density at radius 2 is 1.76 bits per heavy atom. The van der Waals surface area contributed by atoms with E-state index in [1.807, 2.05) is 25.1 Å². The Bertz CT molecular complexity index is 1320. The van der Waals surface area contributed by atoms with Gasteiger partial charge in [-0.25, -0.2) is 0 Å². The van der Waals surface area contributed by atoms with Crippen molar-refractivity contribution < 1.29 is 19.1 Å². The van der Waals surface area contributed by atoms with Crippen molar-refractivity contribution >= 4 is 29.3 Å². The van der Waals surface area contributed by atoms with Crippen molar-refractivity contribution in [1.82, 2.24) is 20.1 Å². The standard InChI is InChI=1S/C29H29ClN4O4/c1-20-8-10-22(11-9-20)27(36)34-25(26(35)32-18-21-5-4-14-31-17-21)19-38-29(34)12-15-33(16-13-29)28(37)23-6-2-3-7-24(23)30/h2-11,14,17,25H,12-13,15-16,18-19H2,1H3,(H,32,35). The predicted molar refractivity (Wildman–Crippen MR) is 142 cm³/mol. The molecular weight excluding hydrogens is 504 g/mol. The van der Waals surface area contributed by atoms with Crippen LogP contribution >= 0.6 is 11.6 Å². The van der Waals surface area contributed by atoms with Crippen molar-refractivity contribution in [1.29, 1.82) is 0 Å². The van der Waals surface area contributed by atoms with Crippen LogP contribution in [0.25, 0.3) is 0 Å². The molecule has 1 N–H and O–H groups in total. The van der Waals surface area contributed by atoms with E-state index < -0.39 is 11.8 Å². The fourth-order valence-corrected chi connectivity index (χ4v) is 5.29. The average Bonchev–Trinajstić information content (AvgIpc) is 3.31. The zero-order valence-corrected chi connectivity index (χ0v) is 21.9. The second-order valence-electron chi connectivity index (χ2n) is 9.67. The number of nitrogens with one attached hydrogen (secondary N) is 1. The van der Waals surface area contributed by atoms with Crippen LogP contribution in [0.1, 0.15) is 44.7 Å². The fourth-order valence-electron chi connectivity index (χ4n) is 5.08. The first-order chi connectivity index (χ1) is 18.4. The van der Waals surface area contributed by atoms with Crippen LogP contribution in [0.15, 0.2) is 73.1 Å². The van der Waals surface area contributed by atoms with Gasteiger partial charge in [0.05, 0.1) is 17.2 Å². The van der Waals surface area contributed by atoms with Gasteiger partial charge < -0.3 is 15.0 Å². The minimum Gasteiger partial charge on any atom is -0.353 e. The first-order valence-corrected chi connectivity index (χ1v) is 13.0. The Morgan fingerprint density at radius 1 is 1.03 bits per heavy atom. The van der Waals surface area contributed by atoms with Crippen LogP contribution in [0, 0.1) is 6.92 Å². The van der Waals surface area contributed by atoms with E-state index in [-0.39, 0.29) is 24.3 Å². The summed E-state index contributed by atoms with van der Waals surface area (Å²) in [6, 6.07) is 17.1. The van der Waals surface area contributed by atoms with Crippen molar-refractivity contribution in [3.8, 4) is 0 Å². The third-order valence-electron chi connectivity index (χ3n) is 7.21. The van der Waals surface area contributed by atoms with Crippen molar-refractivity contribution in [2.75, 3.05) is 19.7 Å². The first kappa shape index (κ1) is 25.9. The quantitative estimate of drug-likeness (QED) is 0.539. The summed E-state index contributed by atoms with van der Waals surface area (Å²) in [5, 5.41) is 3.33. The topological polar surface area (TPSA) is 91.8 Å². The number of pyridine rings is 1. The molecule has 8 nitrogen and oxygen atoms in total. The molecule has 1 atom stereocenters. The molecule has 1 unspecified atom stereocenters. The number of aryl methyl sites for hydroxylation is 1. The number of piperidine rings is 1. The molecule has 0 aliphatic carbocycles. The average molecular weight is 533 g/mol. The lowest BCUT2D eigenvalue weighted by Gasteiger charge is -2.44. The van der Waals surface area contributed by atoms with Gasteiger partial charge in [-0.05, 0) is 42.8 Å². The van der Waals surface area contributed by atoms with Gasteiger partial charge in [0, 0.05) is 50.4 Å². The van der Waals surface area contributed by atoms with E-state index in [1.165, 1.54) is 0 Å². The number of rotatable bonds is 5. The van der Waals surface area contributed by atoms with Crippen LogP contribution in [0.2, 0.25) is 5.02 Å². The molecule has 2 saturated heterocycles. The lowest BCUT2D eigenvalue weighted by molar-refractivity contribution is -0.128. The molecule has 196 valence electrons. The highest BCUT2D eigenvalue weighted by molar-refractivity contribution is 6.33. The van der Waals surface area contributed by atoms with Crippen molar-refractivity contribution in [3.63, 3.8) is 0 Å². The molecule has 3 heterocycles. The second-order valence-corrected chi connectivity index (χ2v) is 10.1. The van der Waals surface area contributed by atoms with Gasteiger partial charge in [0.25, 0.3) is 11.8 Å². The van der Waals surface area contributed by atoms with Gasteiger partial charge in [-0.3, -0.25) is 24.3 Å².